The molecule has 2 rings (SSSR count). The summed E-state index contributed by atoms with van der Waals surface area (Å²) < 4.78 is 26.8. The lowest BCUT2D eigenvalue weighted by atomic mass is 10.3. The van der Waals surface area contributed by atoms with E-state index in [9.17, 15) is 8.42 Å². The van der Waals surface area contributed by atoms with Crippen molar-refractivity contribution in [1.82, 2.24) is 0 Å². The Labute approximate surface area is 122 Å². The van der Waals surface area contributed by atoms with Gasteiger partial charge >= 0.3 is 0 Å². The molecule has 1 N–H and O–H groups in total. The van der Waals surface area contributed by atoms with E-state index < -0.39 is 10.0 Å². The third-order valence-corrected chi connectivity index (χ3v) is 4.86. The average Bonchev–Trinajstić information content (AvgIpc) is 2.41. The van der Waals surface area contributed by atoms with Crippen molar-refractivity contribution in [3.8, 4) is 0 Å². The molecule has 0 radical (unpaired) electrons. The molecular weight excluding hydrogens is 302 g/mol. The number of thioether (sulfide) groups is 1. The highest BCUT2D eigenvalue weighted by Crippen LogP contribution is 2.21. The summed E-state index contributed by atoms with van der Waals surface area (Å²) in [6.07, 6.45) is 1.94. The Balaban J connectivity index is 2.24. The van der Waals surface area contributed by atoms with E-state index in [-0.39, 0.29) is 4.90 Å². The van der Waals surface area contributed by atoms with Crippen molar-refractivity contribution < 1.29 is 8.42 Å². The molecule has 0 aliphatic rings. The van der Waals surface area contributed by atoms with Crippen LogP contribution in [0.2, 0.25) is 5.02 Å². The molecule has 0 aliphatic carbocycles. The lowest BCUT2D eigenvalue weighted by molar-refractivity contribution is 0.601. The number of hydrogen-bond donors (Lipinski definition) is 1. The molecule has 0 saturated heterocycles. The van der Waals surface area contributed by atoms with Crippen molar-refractivity contribution in [1.29, 1.82) is 0 Å². The average molecular weight is 314 g/mol. The highest BCUT2D eigenvalue weighted by molar-refractivity contribution is 7.98. The van der Waals surface area contributed by atoms with Gasteiger partial charge in [-0.1, -0.05) is 11.6 Å². The summed E-state index contributed by atoms with van der Waals surface area (Å²) in [4.78, 5) is 1.26. The first kappa shape index (κ1) is 14.2. The van der Waals surface area contributed by atoms with Gasteiger partial charge in [-0.25, -0.2) is 8.42 Å². The summed E-state index contributed by atoms with van der Waals surface area (Å²) in [6.45, 7) is 0. The van der Waals surface area contributed by atoms with Crippen molar-refractivity contribution >= 4 is 39.1 Å². The van der Waals surface area contributed by atoms with Crippen LogP contribution >= 0.6 is 23.4 Å². The predicted octanol–water partition coefficient (Wildman–Crippen LogP) is 3.86. The molecule has 0 aromatic heterocycles. The summed E-state index contributed by atoms with van der Waals surface area (Å²) >= 11 is 7.32. The Kier molecular flexibility index (Phi) is 4.39. The van der Waals surface area contributed by atoms with E-state index in [1.165, 1.54) is 0 Å². The van der Waals surface area contributed by atoms with Crippen LogP contribution in [0.1, 0.15) is 0 Å². The van der Waals surface area contributed by atoms with Crippen LogP contribution in [0.3, 0.4) is 0 Å². The molecule has 2 aromatic rings. The second kappa shape index (κ2) is 5.86. The number of hydrogen-bond acceptors (Lipinski definition) is 3. The lowest BCUT2D eigenvalue weighted by Crippen LogP contribution is -2.12. The molecule has 2 aromatic carbocycles. The highest BCUT2D eigenvalue weighted by Gasteiger charge is 2.13. The van der Waals surface area contributed by atoms with Crippen molar-refractivity contribution in [3.63, 3.8) is 0 Å². The fraction of sp³-hybridized carbons (Fsp3) is 0.0769. The van der Waals surface area contributed by atoms with Crippen LogP contribution in [0.25, 0.3) is 0 Å². The zero-order valence-electron chi connectivity index (χ0n) is 10.1. The fourth-order valence-corrected chi connectivity index (χ4v) is 3.08. The number of anilines is 1. The predicted molar refractivity (Wildman–Crippen MR) is 80.5 cm³/mol. The summed E-state index contributed by atoms with van der Waals surface area (Å²) in [5, 5.41) is 0.562. The first-order valence-electron chi connectivity index (χ1n) is 5.44. The quantitative estimate of drug-likeness (QED) is 0.872. The van der Waals surface area contributed by atoms with Crippen LogP contribution in [0, 0.1) is 0 Å². The minimum Gasteiger partial charge on any atom is -0.280 e. The Morgan fingerprint density at radius 3 is 2.11 bits per heavy atom. The smallest absolute Gasteiger partial charge is 0.261 e. The van der Waals surface area contributed by atoms with Gasteiger partial charge in [-0.3, -0.25) is 4.72 Å². The third kappa shape index (κ3) is 3.65. The van der Waals surface area contributed by atoms with Crippen LogP contribution in [0.15, 0.2) is 58.3 Å². The molecule has 0 atom stereocenters. The van der Waals surface area contributed by atoms with Gasteiger partial charge in [0.1, 0.15) is 0 Å². The summed E-state index contributed by atoms with van der Waals surface area (Å²) in [5.74, 6) is 0. The van der Waals surface area contributed by atoms with Gasteiger partial charge in [0.05, 0.1) is 4.90 Å². The molecule has 0 bridgehead atoms. The number of benzene rings is 2. The van der Waals surface area contributed by atoms with E-state index in [2.05, 4.69) is 4.72 Å². The van der Waals surface area contributed by atoms with Crippen LogP contribution in [-0.2, 0) is 10.0 Å². The zero-order valence-corrected chi connectivity index (χ0v) is 12.5. The van der Waals surface area contributed by atoms with E-state index in [0.29, 0.717) is 10.7 Å². The molecule has 0 unspecified atom stereocenters. The van der Waals surface area contributed by atoms with Crippen LogP contribution in [0.5, 0.6) is 0 Å². The van der Waals surface area contributed by atoms with Gasteiger partial charge < -0.3 is 0 Å². The minimum absolute atomic E-state index is 0.236. The first-order valence-corrected chi connectivity index (χ1v) is 8.52. The largest absolute Gasteiger partial charge is 0.280 e. The molecule has 19 heavy (non-hydrogen) atoms. The van der Waals surface area contributed by atoms with Gasteiger partial charge in [0.15, 0.2) is 0 Å². The molecule has 0 fully saturated rings. The van der Waals surface area contributed by atoms with Crippen molar-refractivity contribution in [3.05, 3.63) is 53.6 Å². The first-order chi connectivity index (χ1) is 9.01. The molecule has 100 valence electrons. The van der Waals surface area contributed by atoms with Crippen LogP contribution in [0.4, 0.5) is 5.69 Å². The molecule has 0 amide bonds. The second-order valence-corrected chi connectivity index (χ2v) is 6.79. The van der Waals surface area contributed by atoms with Crippen molar-refractivity contribution in [2.75, 3.05) is 11.0 Å². The van der Waals surface area contributed by atoms with Gasteiger partial charge in [0, 0.05) is 15.6 Å². The number of nitrogens with one attached hydrogen (secondary N) is 1. The lowest BCUT2D eigenvalue weighted by Gasteiger charge is -2.08. The van der Waals surface area contributed by atoms with E-state index in [1.807, 2.05) is 6.26 Å². The maximum Gasteiger partial charge on any atom is 0.261 e. The Bertz CT molecular complexity index is 652. The molecule has 0 saturated carbocycles. The van der Waals surface area contributed by atoms with Crippen LogP contribution < -0.4 is 4.72 Å². The number of halogens is 1. The van der Waals surface area contributed by atoms with Crippen LogP contribution in [-0.4, -0.2) is 14.7 Å². The molecule has 0 heterocycles. The summed E-state index contributed by atoms with van der Waals surface area (Å²) in [5.41, 5.74) is 0.485. The summed E-state index contributed by atoms with van der Waals surface area (Å²) in [6, 6.07) is 13.2. The highest BCUT2D eigenvalue weighted by atomic mass is 35.5. The number of sulfonamides is 1. The normalized spacial score (nSPS) is 11.3. The monoisotopic (exact) mass is 313 g/mol. The molecule has 0 spiro atoms. The maximum absolute atomic E-state index is 12.1. The second-order valence-electron chi connectivity index (χ2n) is 3.79. The van der Waals surface area contributed by atoms with E-state index in [0.717, 1.165) is 4.90 Å². The minimum atomic E-state index is -3.55. The molecule has 6 heteroatoms. The van der Waals surface area contributed by atoms with Gasteiger partial charge in [-0.15, -0.1) is 11.8 Å². The van der Waals surface area contributed by atoms with Gasteiger partial charge in [0.25, 0.3) is 10.0 Å². The van der Waals surface area contributed by atoms with Crippen molar-refractivity contribution in [2.24, 2.45) is 0 Å². The molecule has 3 nitrogen and oxygen atoms in total. The maximum atomic E-state index is 12.1. The molecular formula is C13H12ClNO2S2. The topological polar surface area (TPSA) is 46.2 Å². The SMILES string of the molecule is CSc1ccc(S(=O)(=O)Nc2ccc(Cl)cc2)cc1. The Hall–Kier alpha value is -1.17. The fourth-order valence-electron chi connectivity index (χ4n) is 1.49. The Morgan fingerprint density at radius 2 is 1.58 bits per heavy atom. The van der Waals surface area contributed by atoms with E-state index in [4.69, 9.17) is 11.6 Å². The standard InChI is InChI=1S/C13H12ClNO2S2/c1-18-12-6-8-13(9-7-12)19(16,17)15-11-4-2-10(14)3-5-11/h2-9,15H,1H3. The van der Waals surface area contributed by atoms with Gasteiger partial charge in [-0.2, -0.15) is 0 Å². The zero-order chi connectivity index (χ0) is 13.9. The number of rotatable bonds is 4. The van der Waals surface area contributed by atoms with Gasteiger partial charge in [0.2, 0.25) is 0 Å². The van der Waals surface area contributed by atoms with Gasteiger partial charge in [-0.05, 0) is 54.8 Å². The van der Waals surface area contributed by atoms with E-state index >= 15 is 0 Å². The summed E-state index contributed by atoms with van der Waals surface area (Å²) in [7, 11) is -3.55. The molecule has 0 aliphatic heterocycles. The third-order valence-electron chi connectivity index (χ3n) is 2.47. The van der Waals surface area contributed by atoms with Crippen molar-refractivity contribution in [2.45, 2.75) is 9.79 Å². The van der Waals surface area contributed by atoms with E-state index in [1.54, 1.807) is 60.3 Å². The Morgan fingerprint density at radius 1 is 1.00 bits per heavy atom.